The standard InChI is InChI=1S/C48H53ClN10O6S/c1-4-29-66-47-54-44(53-22-21-50)43-45(55-47)59(57-56-43)31-35-7-5-33(6-8-35)10-17-40(60)51-23-27-63-28-24-52-41(61)18-11-34-9-16-38-39(30-34)65-48(64-38)19-25-58(26-20-48)46(62)42(32(2)3)36-12-14-37(49)15-13-36/h5-9,12-16,30,32,42H,4,19-29,31,50H2,1-3H3,(H,51,60)(H,52,61)(H,53,54,55)/t42-/m0/s1. The van der Waals surface area contributed by atoms with Crippen molar-refractivity contribution in [1.82, 2.24) is 40.5 Å². The van der Waals surface area contributed by atoms with Gasteiger partial charge in [-0.05, 0) is 65.9 Å². The fourth-order valence-corrected chi connectivity index (χ4v) is 8.25. The van der Waals surface area contributed by atoms with E-state index >= 15 is 0 Å². The molecule has 5 N–H and O–H groups in total. The van der Waals surface area contributed by atoms with Gasteiger partial charge < -0.3 is 40.8 Å². The molecule has 1 atom stereocenters. The number of nitrogens with zero attached hydrogens (tertiary/aromatic N) is 6. The summed E-state index contributed by atoms with van der Waals surface area (Å²) in [4.78, 5) is 49.6. The van der Waals surface area contributed by atoms with Gasteiger partial charge in [0.05, 0.1) is 25.7 Å². The lowest BCUT2D eigenvalue weighted by Crippen LogP contribution is -2.52. The van der Waals surface area contributed by atoms with Crippen molar-refractivity contribution in [3.63, 3.8) is 0 Å². The highest BCUT2D eigenvalue weighted by molar-refractivity contribution is 7.99. The molecule has 5 aromatic rings. The van der Waals surface area contributed by atoms with Crippen molar-refractivity contribution in [3.8, 4) is 35.2 Å². The van der Waals surface area contributed by atoms with Gasteiger partial charge in [0, 0.05) is 85.9 Å². The summed E-state index contributed by atoms with van der Waals surface area (Å²) in [6, 6.07) is 20.3. The van der Waals surface area contributed by atoms with Crippen molar-refractivity contribution in [2.45, 2.75) is 63.4 Å². The molecule has 2 aliphatic rings. The number of hydrogen-bond acceptors (Lipinski definition) is 13. The smallest absolute Gasteiger partial charge is 0.296 e. The number of thioether (sulfide) groups is 1. The van der Waals surface area contributed by atoms with E-state index in [9.17, 15) is 14.4 Å². The summed E-state index contributed by atoms with van der Waals surface area (Å²) in [5.41, 5.74) is 10.1. The fourth-order valence-electron chi connectivity index (χ4n) is 7.43. The van der Waals surface area contributed by atoms with Gasteiger partial charge in [-0.2, -0.15) is 0 Å². The second kappa shape index (κ2) is 22.7. The monoisotopic (exact) mass is 932 g/mol. The number of carbonyl (C=O) groups excluding carboxylic acids is 3. The van der Waals surface area contributed by atoms with Gasteiger partial charge in [0.1, 0.15) is 0 Å². The summed E-state index contributed by atoms with van der Waals surface area (Å²) in [6.45, 7) is 9.63. The number of likely N-dealkylation sites (tertiary alicyclic amines) is 1. The van der Waals surface area contributed by atoms with E-state index < -0.39 is 17.6 Å². The molecule has 0 unspecified atom stereocenters. The zero-order valence-corrected chi connectivity index (χ0v) is 38.8. The Morgan fingerprint density at radius 3 is 2.23 bits per heavy atom. The summed E-state index contributed by atoms with van der Waals surface area (Å²) < 4.78 is 19.9. The highest BCUT2D eigenvalue weighted by atomic mass is 35.5. The summed E-state index contributed by atoms with van der Waals surface area (Å²) in [7, 11) is 0. The number of halogens is 1. The van der Waals surface area contributed by atoms with E-state index in [0.717, 1.165) is 23.3 Å². The number of rotatable bonds is 17. The molecule has 2 aromatic heterocycles. The lowest BCUT2D eigenvalue weighted by molar-refractivity contribution is -0.148. The van der Waals surface area contributed by atoms with Gasteiger partial charge >= 0.3 is 0 Å². The van der Waals surface area contributed by atoms with Gasteiger partial charge in [-0.25, -0.2) is 14.6 Å². The Kier molecular flexibility index (Phi) is 16.4. The van der Waals surface area contributed by atoms with Crippen LogP contribution in [0.2, 0.25) is 5.02 Å². The van der Waals surface area contributed by atoms with Crippen molar-refractivity contribution in [2.75, 3.05) is 63.6 Å². The van der Waals surface area contributed by atoms with Crippen molar-refractivity contribution < 1.29 is 28.6 Å². The average Bonchev–Trinajstić information content (AvgIpc) is 3.89. The fraction of sp³-hybridized carbons (Fsp3) is 0.396. The number of carbonyl (C=O) groups is 3. The van der Waals surface area contributed by atoms with Crippen molar-refractivity contribution in [2.24, 2.45) is 11.7 Å². The van der Waals surface area contributed by atoms with E-state index in [2.05, 4.69) is 75.7 Å². The number of fused-ring (bicyclic) bond motifs is 2. The molecule has 1 saturated heterocycles. The number of ether oxygens (including phenoxy) is 3. The van der Waals surface area contributed by atoms with Crippen LogP contribution in [-0.2, 0) is 25.7 Å². The van der Waals surface area contributed by atoms with E-state index in [1.54, 1.807) is 34.6 Å². The number of anilines is 1. The molecular weight excluding hydrogens is 880 g/mol. The Hall–Kier alpha value is -6.37. The highest BCUT2D eigenvalue weighted by Crippen LogP contribution is 2.44. The first-order chi connectivity index (χ1) is 32.0. The third kappa shape index (κ3) is 12.5. The van der Waals surface area contributed by atoms with Gasteiger partial charge in [-0.15, -0.1) is 5.10 Å². The minimum Gasteiger partial charge on any atom is -0.448 e. The van der Waals surface area contributed by atoms with Crippen LogP contribution in [0.4, 0.5) is 5.82 Å². The lowest BCUT2D eigenvalue weighted by atomic mass is 9.86. The van der Waals surface area contributed by atoms with Crippen molar-refractivity contribution >= 4 is 58.1 Å². The third-order valence-electron chi connectivity index (χ3n) is 10.7. The molecule has 16 nitrogen and oxygen atoms in total. The van der Waals surface area contributed by atoms with Crippen LogP contribution in [0.5, 0.6) is 11.5 Å². The SMILES string of the molecule is CCCSc1nc(NCCN)c2nnn(Cc3ccc(C#CC(=O)NCCOCCNC(=O)C#Cc4ccc5c(c4)OC4(CCN(C(=O)[C@H](c6ccc(Cl)cc6)C(C)C)CC4)O5)cc3)c2n1. The molecule has 0 saturated carbocycles. The number of nitrogens with one attached hydrogen (secondary N) is 3. The van der Waals surface area contributed by atoms with Crippen LogP contribution in [-0.4, -0.2) is 112 Å². The molecule has 0 radical (unpaired) electrons. The van der Waals surface area contributed by atoms with Crippen LogP contribution < -0.4 is 31.2 Å². The first-order valence-electron chi connectivity index (χ1n) is 22.0. The molecule has 7 rings (SSSR count). The van der Waals surface area contributed by atoms with Crippen LogP contribution in [0.3, 0.4) is 0 Å². The van der Waals surface area contributed by atoms with Gasteiger partial charge in [-0.1, -0.05) is 85.5 Å². The van der Waals surface area contributed by atoms with Crippen LogP contribution in [0.25, 0.3) is 11.2 Å². The summed E-state index contributed by atoms with van der Waals surface area (Å²) >= 11 is 7.68. The van der Waals surface area contributed by atoms with Gasteiger partial charge in [-0.3, -0.25) is 14.4 Å². The second-order valence-electron chi connectivity index (χ2n) is 16.0. The van der Waals surface area contributed by atoms with E-state index in [-0.39, 0.29) is 44.0 Å². The maximum atomic E-state index is 13.6. The number of benzene rings is 3. The zero-order chi connectivity index (χ0) is 46.5. The Morgan fingerprint density at radius 2 is 1.56 bits per heavy atom. The third-order valence-corrected chi connectivity index (χ3v) is 12.0. The Morgan fingerprint density at radius 1 is 0.894 bits per heavy atom. The first-order valence-corrected chi connectivity index (χ1v) is 23.4. The van der Waals surface area contributed by atoms with Crippen LogP contribution in [0.15, 0.2) is 71.9 Å². The largest absolute Gasteiger partial charge is 0.448 e. The molecule has 0 bridgehead atoms. The minimum atomic E-state index is -0.860. The molecule has 66 heavy (non-hydrogen) atoms. The Bertz CT molecular complexity index is 2630. The molecule has 3 aromatic carbocycles. The van der Waals surface area contributed by atoms with E-state index in [1.165, 1.54) is 0 Å². The summed E-state index contributed by atoms with van der Waals surface area (Å²) in [5.74, 6) is 11.8. The molecule has 1 fully saturated rings. The number of nitrogens with two attached hydrogens (primary N) is 1. The number of aromatic nitrogens is 5. The Labute approximate surface area is 393 Å². The highest BCUT2D eigenvalue weighted by Gasteiger charge is 2.46. The maximum absolute atomic E-state index is 13.6. The van der Waals surface area contributed by atoms with Crippen molar-refractivity contribution in [1.29, 1.82) is 0 Å². The van der Waals surface area contributed by atoms with Crippen LogP contribution in [0.1, 0.15) is 68.2 Å². The van der Waals surface area contributed by atoms with Gasteiger partial charge in [0.15, 0.2) is 33.6 Å². The predicted octanol–water partition coefficient (Wildman–Crippen LogP) is 4.98. The topological polar surface area (TPSA) is 201 Å². The zero-order valence-electron chi connectivity index (χ0n) is 37.2. The van der Waals surface area contributed by atoms with E-state index in [4.69, 9.17) is 36.5 Å². The molecule has 0 aliphatic carbocycles. The molecular formula is C48H53ClN10O6S. The molecule has 3 amide bonds. The van der Waals surface area contributed by atoms with Gasteiger partial charge in [0.25, 0.3) is 17.6 Å². The molecule has 1 spiro atoms. The maximum Gasteiger partial charge on any atom is 0.296 e. The number of piperidine rings is 1. The number of amides is 3. The molecule has 18 heteroatoms. The van der Waals surface area contributed by atoms with Gasteiger partial charge in [0.2, 0.25) is 5.91 Å². The lowest BCUT2D eigenvalue weighted by Gasteiger charge is -2.39. The average molecular weight is 934 g/mol. The molecule has 344 valence electrons. The first kappa shape index (κ1) is 47.6. The quantitative estimate of drug-likeness (QED) is 0.0422. The van der Waals surface area contributed by atoms with E-state index in [0.29, 0.717) is 95.4 Å². The molecule has 2 aliphatic heterocycles. The molecule has 4 heterocycles. The van der Waals surface area contributed by atoms with E-state index in [1.807, 2.05) is 53.4 Å². The normalized spacial score (nSPS) is 14.0. The summed E-state index contributed by atoms with van der Waals surface area (Å²) in [5, 5.41) is 18.6. The van der Waals surface area contributed by atoms with Crippen LogP contribution >= 0.6 is 23.4 Å². The van der Waals surface area contributed by atoms with Crippen molar-refractivity contribution in [3.05, 3.63) is 94.0 Å². The minimum absolute atomic E-state index is 0.0836. The number of hydrogen-bond donors (Lipinski definition) is 4. The Balaban J connectivity index is 0.787. The second-order valence-corrected chi connectivity index (χ2v) is 17.5. The predicted molar refractivity (Wildman–Crippen MR) is 253 cm³/mol. The van der Waals surface area contributed by atoms with Crippen LogP contribution in [0, 0.1) is 29.6 Å². The summed E-state index contributed by atoms with van der Waals surface area (Å²) in [6.07, 6.45) is 2.02.